The van der Waals surface area contributed by atoms with E-state index in [1.807, 2.05) is 55.1 Å². The van der Waals surface area contributed by atoms with Gasteiger partial charge in [0.05, 0.1) is 18.6 Å². The fourth-order valence-electron chi connectivity index (χ4n) is 3.49. The van der Waals surface area contributed by atoms with Crippen molar-refractivity contribution in [3.8, 4) is 11.1 Å². The molecule has 2 heterocycles. The summed E-state index contributed by atoms with van der Waals surface area (Å²) in [5.74, 6) is 1.08. The van der Waals surface area contributed by atoms with E-state index in [1.165, 1.54) is 0 Å². The second kappa shape index (κ2) is 8.28. The van der Waals surface area contributed by atoms with Crippen molar-refractivity contribution in [2.45, 2.75) is 19.3 Å². The first kappa shape index (κ1) is 20.1. The topological polar surface area (TPSA) is 76.9 Å². The van der Waals surface area contributed by atoms with E-state index in [4.69, 9.17) is 15.0 Å². The second-order valence-corrected chi connectivity index (χ2v) is 7.80. The van der Waals surface area contributed by atoms with Crippen LogP contribution in [0.15, 0.2) is 64.1 Å². The minimum atomic E-state index is -0.593. The number of nitrogens with zero attached hydrogens (tertiary/aromatic N) is 3. The van der Waals surface area contributed by atoms with Gasteiger partial charge in [0, 0.05) is 24.7 Å². The van der Waals surface area contributed by atoms with Crippen molar-refractivity contribution in [2.75, 3.05) is 26.3 Å². The highest BCUT2D eigenvalue weighted by atomic mass is 19.1. The van der Waals surface area contributed by atoms with Gasteiger partial charge in [-0.3, -0.25) is 0 Å². The predicted octanol–water partition coefficient (Wildman–Crippen LogP) is 4.09. The Morgan fingerprint density at radius 1 is 1.10 bits per heavy atom. The molecule has 0 aliphatic carbocycles. The molecule has 1 saturated heterocycles. The summed E-state index contributed by atoms with van der Waals surface area (Å²) in [4.78, 5) is 6.31. The maximum absolute atomic E-state index is 14.9. The van der Waals surface area contributed by atoms with Gasteiger partial charge in [0.25, 0.3) is 0 Å². The zero-order chi connectivity index (χ0) is 21.1. The lowest BCUT2D eigenvalue weighted by Gasteiger charge is -2.27. The quantitative estimate of drug-likeness (QED) is 0.520. The third-order valence-electron chi connectivity index (χ3n) is 5.45. The molecule has 0 atom stereocenters. The minimum absolute atomic E-state index is 0.277. The predicted molar refractivity (Wildman–Crippen MR) is 114 cm³/mol. The van der Waals surface area contributed by atoms with Gasteiger partial charge in [-0.15, -0.1) is 0 Å². The standard InChI is InChI=1S/C23H25FN4O2/c1-23(2,17-8-9-18(19(24)14-17)16-6-4-3-5-7-16)20-15-21(27-30-20)26-22(25)28-10-12-29-13-11-28/h3-9,14-15H,10-13H2,1-2H3,(H2,25,26,27). The number of morpholine rings is 1. The van der Waals surface area contributed by atoms with E-state index in [0.717, 1.165) is 11.1 Å². The number of rotatable bonds is 4. The lowest BCUT2D eigenvalue weighted by molar-refractivity contribution is 0.0675. The molecule has 4 rings (SSSR count). The Bertz CT molecular complexity index is 1040. The summed E-state index contributed by atoms with van der Waals surface area (Å²) in [5.41, 5.74) is 7.69. The highest BCUT2D eigenvalue weighted by molar-refractivity contribution is 5.80. The fourth-order valence-corrected chi connectivity index (χ4v) is 3.49. The van der Waals surface area contributed by atoms with Gasteiger partial charge < -0.3 is 19.9 Å². The van der Waals surface area contributed by atoms with E-state index >= 15 is 0 Å². The molecule has 0 radical (unpaired) electrons. The molecule has 0 saturated carbocycles. The summed E-state index contributed by atoms with van der Waals surface area (Å²) < 4.78 is 25.7. The van der Waals surface area contributed by atoms with Crippen LogP contribution in [0.2, 0.25) is 0 Å². The van der Waals surface area contributed by atoms with E-state index in [2.05, 4.69) is 10.1 Å². The molecule has 1 aliphatic rings. The van der Waals surface area contributed by atoms with Crippen LogP contribution in [0.5, 0.6) is 0 Å². The number of nitrogens with two attached hydrogens (primary N) is 1. The van der Waals surface area contributed by atoms with Gasteiger partial charge in [-0.25, -0.2) is 4.39 Å². The van der Waals surface area contributed by atoms with Crippen LogP contribution in [-0.4, -0.2) is 42.3 Å². The van der Waals surface area contributed by atoms with Crippen molar-refractivity contribution in [2.24, 2.45) is 10.7 Å². The third kappa shape index (κ3) is 4.07. The summed E-state index contributed by atoms with van der Waals surface area (Å²) in [6, 6.07) is 16.5. The van der Waals surface area contributed by atoms with E-state index in [0.29, 0.717) is 49.4 Å². The van der Waals surface area contributed by atoms with Gasteiger partial charge >= 0.3 is 0 Å². The third-order valence-corrected chi connectivity index (χ3v) is 5.45. The molecule has 0 bridgehead atoms. The smallest absolute Gasteiger partial charge is 0.198 e. The molecule has 30 heavy (non-hydrogen) atoms. The zero-order valence-corrected chi connectivity index (χ0v) is 17.1. The summed E-state index contributed by atoms with van der Waals surface area (Å²) in [6.45, 7) is 6.56. The maximum atomic E-state index is 14.9. The van der Waals surface area contributed by atoms with Gasteiger partial charge in [0.1, 0.15) is 11.6 Å². The van der Waals surface area contributed by atoms with Crippen LogP contribution < -0.4 is 5.73 Å². The first-order valence-electron chi connectivity index (χ1n) is 9.94. The Balaban J connectivity index is 1.57. The van der Waals surface area contributed by atoms with E-state index in [9.17, 15) is 4.39 Å². The first-order chi connectivity index (χ1) is 14.4. The average Bonchev–Trinajstić information content (AvgIpc) is 3.24. The Morgan fingerprint density at radius 2 is 1.83 bits per heavy atom. The number of aromatic nitrogens is 1. The number of ether oxygens (including phenoxy) is 1. The zero-order valence-electron chi connectivity index (χ0n) is 17.1. The molecule has 7 heteroatoms. The van der Waals surface area contributed by atoms with Gasteiger partial charge in [-0.2, -0.15) is 4.99 Å². The molecule has 1 aliphatic heterocycles. The molecule has 0 amide bonds. The Labute approximate surface area is 175 Å². The van der Waals surface area contributed by atoms with Gasteiger partial charge in [0.15, 0.2) is 11.8 Å². The molecule has 2 N–H and O–H groups in total. The summed E-state index contributed by atoms with van der Waals surface area (Å²) >= 11 is 0. The molecule has 1 fully saturated rings. The lowest BCUT2D eigenvalue weighted by Crippen LogP contribution is -2.44. The molecule has 6 nitrogen and oxygen atoms in total. The number of benzene rings is 2. The van der Waals surface area contributed by atoms with Crippen molar-refractivity contribution >= 4 is 11.8 Å². The highest BCUT2D eigenvalue weighted by Gasteiger charge is 2.29. The summed E-state index contributed by atoms with van der Waals surface area (Å²) in [6.07, 6.45) is 0. The molecular formula is C23H25FN4O2. The molecule has 156 valence electrons. The largest absolute Gasteiger partial charge is 0.378 e. The second-order valence-electron chi connectivity index (χ2n) is 7.80. The average molecular weight is 408 g/mol. The van der Waals surface area contributed by atoms with Crippen LogP contribution >= 0.6 is 0 Å². The Hall–Kier alpha value is -3.19. The lowest BCUT2D eigenvalue weighted by atomic mass is 9.81. The van der Waals surface area contributed by atoms with Crippen molar-refractivity contribution in [1.29, 1.82) is 0 Å². The molecule has 0 unspecified atom stereocenters. The molecule has 0 spiro atoms. The van der Waals surface area contributed by atoms with E-state index in [1.54, 1.807) is 18.2 Å². The van der Waals surface area contributed by atoms with E-state index in [-0.39, 0.29) is 5.82 Å². The molecule has 2 aromatic carbocycles. The van der Waals surface area contributed by atoms with Crippen molar-refractivity contribution in [1.82, 2.24) is 10.1 Å². The van der Waals surface area contributed by atoms with Crippen LogP contribution in [-0.2, 0) is 10.2 Å². The van der Waals surface area contributed by atoms with Crippen LogP contribution in [0.3, 0.4) is 0 Å². The monoisotopic (exact) mass is 408 g/mol. The van der Waals surface area contributed by atoms with E-state index < -0.39 is 5.41 Å². The van der Waals surface area contributed by atoms with Crippen molar-refractivity contribution in [3.05, 3.63) is 71.7 Å². The SMILES string of the molecule is CC(C)(c1ccc(-c2ccccc2)c(F)c1)c1cc(/N=C(/N)N2CCOCC2)no1. The van der Waals surface area contributed by atoms with Crippen LogP contribution in [0.1, 0.15) is 25.2 Å². The van der Waals surface area contributed by atoms with Gasteiger partial charge in [0.2, 0.25) is 0 Å². The number of hydrogen-bond donors (Lipinski definition) is 1. The normalized spacial score (nSPS) is 15.4. The number of halogens is 1. The molecular weight excluding hydrogens is 383 g/mol. The first-order valence-corrected chi connectivity index (χ1v) is 9.94. The van der Waals surface area contributed by atoms with Crippen molar-refractivity contribution in [3.63, 3.8) is 0 Å². The number of aliphatic imine (C=N–C) groups is 1. The highest BCUT2D eigenvalue weighted by Crippen LogP contribution is 2.35. The van der Waals surface area contributed by atoms with Crippen LogP contribution in [0.25, 0.3) is 11.1 Å². The number of guanidine groups is 1. The van der Waals surface area contributed by atoms with Gasteiger partial charge in [-0.1, -0.05) is 47.6 Å². The molecule has 1 aromatic heterocycles. The van der Waals surface area contributed by atoms with Gasteiger partial charge in [-0.05, 0) is 31.0 Å². The summed E-state index contributed by atoms with van der Waals surface area (Å²) in [5, 5.41) is 4.04. The van der Waals surface area contributed by atoms with Crippen molar-refractivity contribution < 1.29 is 13.7 Å². The Morgan fingerprint density at radius 3 is 2.53 bits per heavy atom. The van der Waals surface area contributed by atoms with Crippen LogP contribution in [0, 0.1) is 5.82 Å². The maximum Gasteiger partial charge on any atom is 0.198 e. The fraction of sp³-hybridized carbons (Fsp3) is 0.304. The minimum Gasteiger partial charge on any atom is -0.378 e. The number of hydrogen-bond acceptors (Lipinski definition) is 4. The summed E-state index contributed by atoms with van der Waals surface area (Å²) in [7, 11) is 0. The van der Waals surface area contributed by atoms with Crippen LogP contribution in [0.4, 0.5) is 10.2 Å². The molecule has 3 aromatic rings. The Kier molecular flexibility index (Phi) is 5.55.